The van der Waals surface area contributed by atoms with Crippen molar-refractivity contribution in [2.24, 2.45) is 7.05 Å². The molecule has 0 spiro atoms. The van der Waals surface area contributed by atoms with E-state index < -0.39 is 15.8 Å². The lowest BCUT2D eigenvalue weighted by molar-refractivity contribution is 0.460. The van der Waals surface area contributed by atoms with Crippen LogP contribution in [0.5, 0.6) is 11.6 Å². The number of anilines is 1. The molecule has 0 bridgehead atoms. The minimum atomic E-state index is -3.90. The number of rotatable bonds is 6. The summed E-state index contributed by atoms with van der Waals surface area (Å²) in [5.41, 5.74) is 2.83. The Bertz CT molecular complexity index is 1720. The van der Waals surface area contributed by atoms with E-state index in [0.717, 1.165) is 11.4 Å². The molecular formula is C23H20N6O5S. The van der Waals surface area contributed by atoms with Gasteiger partial charge in [0.2, 0.25) is 5.88 Å². The van der Waals surface area contributed by atoms with Gasteiger partial charge in [-0.2, -0.15) is 5.10 Å². The quantitative estimate of drug-likeness (QED) is 0.382. The second-order valence-electron chi connectivity index (χ2n) is 7.84. The fourth-order valence-corrected chi connectivity index (χ4v) is 4.64. The van der Waals surface area contributed by atoms with E-state index in [9.17, 15) is 13.2 Å². The fourth-order valence-electron chi connectivity index (χ4n) is 3.56. The highest BCUT2D eigenvalue weighted by Crippen LogP contribution is 2.25. The van der Waals surface area contributed by atoms with Gasteiger partial charge in [0, 0.05) is 24.5 Å². The van der Waals surface area contributed by atoms with E-state index in [4.69, 9.17) is 9.15 Å². The van der Waals surface area contributed by atoms with Crippen molar-refractivity contribution >= 4 is 26.8 Å². The molecule has 178 valence electrons. The van der Waals surface area contributed by atoms with E-state index in [1.54, 1.807) is 35.0 Å². The Hall–Kier alpha value is -4.45. The van der Waals surface area contributed by atoms with Crippen LogP contribution in [0.4, 0.5) is 5.69 Å². The third-order valence-electron chi connectivity index (χ3n) is 5.26. The molecule has 0 amide bonds. The highest BCUT2D eigenvalue weighted by Gasteiger charge is 2.17. The van der Waals surface area contributed by atoms with E-state index in [1.807, 2.05) is 19.9 Å². The zero-order valence-electron chi connectivity index (χ0n) is 19.0. The van der Waals surface area contributed by atoms with E-state index in [1.165, 1.54) is 36.1 Å². The lowest BCUT2D eigenvalue weighted by Crippen LogP contribution is -2.13. The summed E-state index contributed by atoms with van der Waals surface area (Å²) in [5.74, 6) is 0.775. The normalized spacial score (nSPS) is 11.6. The number of hydrogen-bond donors (Lipinski definition) is 1. The summed E-state index contributed by atoms with van der Waals surface area (Å²) in [6.45, 7) is 3.83. The molecule has 0 saturated heterocycles. The minimum absolute atomic E-state index is 0.000562. The number of benzene rings is 2. The first-order valence-corrected chi connectivity index (χ1v) is 11.9. The Morgan fingerprint density at radius 1 is 1.00 bits per heavy atom. The Morgan fingerprint density at radius 2 is 1.77 bits per heavy atom. The summed E-state index contributed by atoms with van der Waals surface area (Å²) in [5, 5.41) is 4.41. The number of fused-ring (bicyclic) bond motifs is 1. The molecule has 0 atom stereocenters. The average Bonchev–Trinajstić information content (AvgIpc) is 3.32. The van der Waals surface area contributed by atoms with Crippen LogP contribution in [0.15, 0.2) is 75.0 Å². The van der Waals surface area contributed by atoms with Gasteiger partial charge in [0.1, 0.15) is 12.1 Å². The Morgan fingerprint density at radius 3 is 2.49 bits per heavy atom. The molecule has 3 heterocycles. The van der Waals surface area contributed by atoms with Crippen molar-refractivity contribution in [3.63, 3.8) is 0 Å². The van der Waals surface area contributed by atoms with E-state index in [0.29, 0.717) is 34.2 Å². The van der Waals surface area contributed by atoms with Crippen LogP contribution in [0.2, 0.25) is 0 Å². The maximum atomic E-state index is 12.9. The first-order chi connectivity index (χ1) is 16.7. The van der Waals surface area contributed by atoms with Crippen LogP contribution in [-0.2, 0) is 17.1 Å². The molecule has 2 aromatic carbocycles. The van der Waals surface area contributed by atoms with Gasteiger partial charge < -0.3 is 9.15 Å². The molecule has 3 aromatic heterocycles. The van der Waals surface area contributed by atoms with Crippen LogP contribution in [-0.4, -0.2) is 32.7 Å². The number of nitrogens with zero attached hydrogens (tertiary/aromatic N) is 5. The Balaban J connectivity index is 1.33. The van der Waals surface area contributed by atoms with Crippen molar-refractivity contribution in [1.29, 1.82) is 0 Å². The van der Waals surface area contributed by atoms with Gasteiger partial charge in [0.05, 0.1) is 16.1 Å². The largest absolute Gasteiger partial charge is 0.439 e. The number of aryl methyl sites for hydroxylation is 3. The van der Waals surface area contributed by atoms with Crippen molar-refractivity contribution in [1.82, 2.24) is 24.3 Å². The highest BCUT2D eigenvalue weighted by atomic mass is 32.2. The van der Waals surface area contributed by atoms with Crippen LogP contribution < -0.4 is 15.2 Å². The molecule has 12 heteroatoms. The summed E-state index contributed by atoms with van der Waals surface area (Å²) in [4.78, 5) is 20.0. The third kappa shape index (κ3) is 4.38. The summed E-state index contributed by atoms with van der Waals surface area (Å²) in [6.07, 6.45) is 1.39. The van der Waals surface area contributed by atoms with Gasteiger partial charge in [-0.15, -0.1) is 0 Å². The molecule has 0 unspecified atom stereocenters. The van der Waals surface area contributed by atoms with Gasteiger partial charge in [0.25, 0.3) is 10.0 Å². The molecule has 35 heavy (non-hydrogen) atoms. The van der Waals surface area contributed by atoms with Crippen molar-refractivity contribution in [3.8, 4) is 17.4 Å². The second kappa shape index (κ2) is 8.40. The predicted octanol–water partition coefficient (Wildman–Crippen LogP) is 3.32. The molecule has 0 radical (unpaired) electrons. The first kappa shape index (κ1) is 22.3. The predicted molar refractivity (Wildman–Crippen MR) is 127 cm³/mol. The molecule has 0 fully saturated rings. The Kier molecular flexibility index (Phi) is 5.36. The number of oxazole rings is 1. The average molecular weight is 493 g/mol. The highest BCUT2D eigenvalue weighted by molar-refractivity contribution is 7.92. The van der Waals surface area contributed by atoms with Crippen molar-refractivity contribution in [2.75, 3.05) is 4.72 Å². The van der Waals surface area contributed by atoms with Crippen LogP contribution in [0.3, 0.4) is 0 Å². The molecular weight excluding hydrogens is 472 g/mol. The van der Waals surface area contributed by atoms with Crippen LogP contribution in [0.1, 0.15) is 11.4 Å². The zero-order chi connectivity index (χ0) is 24.7. The number of aromatic nitrogens is 5. The lowest BCUT2D eigenvalue weighted by atomic mass is 10.3. The van der Waals surface area contributed by atoms with Crippen LogP contribution in [0.25, 0.3) is 16.9 Å². The molecule has 0 aliphatic carbocycles. The smallest absolute Gasteiger partial charge is 0.419 e. The number of hydrogen-bond acceptors (Lipinski definition) is 8. The first-order valence-electron chi connectivity index (χ1n) is 10.5. The summed E-state index contributed by atoms with van der Waals surface area (Å²) in [7, 11) is -2.39. The minimum Gasteiger partial charge on any atom is -0.439 e. The molecule has 1 N–H and O–H groups in total. The van der Waals surface area contributed by atoms with Crippen molar-refractivity contribution in [2.45, 2.75) is 18.7 Å². The van der Waals surface area contributed by atoms with E-state index >= 15 is 0 Å². The van der Waals surface area contributed by atoms with Gasteiger partial charge in [-0.25, -0.2) is 27.9 Å². The molecule has 5 aromatic rings. The molecule has 0 aliphatic rings. The fraction of sp³-hybridized carbons (Fsp3) is 0.130. The van der Waals surface area contributed by atoms with Crippen LogP contribution >= 0.6 is 0 Å². The molecule has 0 saturated carbocycles. The summed E-state index contributed by atoms with van der Waals surface area (Å²) in [6, 6.07) is 14.2. The van der Waals surface area contributed by atoms with E-state index in [2.05, 4.69) is 19.8 Å². The zero-order valence-corrected chi connectivity index (χ0v) is 19.8. The maximum Gasteiger partial charge on any atom is 0.419 e. The monoisotopic (exact) mass is 492 g/mol. The van der Waals surface area contributed by atoms with Gasteiger partial charge in [0.15, 0.2) is 11.4 Å². The van der Waals surface area contributed by atoms with Gasteiger partial charge in [-0.05, 0) is 62.4 Å². The molecule has 0 aliphatic heterocycles. The summed E-state index contributed by atoms with van der Waals surface area (Å²) < 4.78 is 42.0. The maximum absolute atomic E-state index is 12.9. The van der Waals surface area contributed by atoms with Gasteiger partial charge in [-0.3, -0.25) is 9.29 Å². The Labute approximate surface area is 199 Å². The standard InChI is InChI=1S/C23H20N6O5S/c1-14-10-15(2)29(26-14)21-12-22(25-13-24-21)33-17-6-4-16(5-7-17)27-35(31,32)18-8-9-20-19(11-18)28(3)23(30)34-20/h4-13,27H,1-3H3. The lowest BCUT2D eigenvalue weighted by Gasteiger charge is -2.10. The van der Waals surface area contributed by atoms with Crippen LogP contribution in [0, 0.1) is 13.8 Å². The number of nitrogens with one attached hydrogen (secondary N) is 1. The SMILES string of the molecule is Cc1cc(C)n(-c2cc(Oc3ccc(NS(=O)(=O)c4ccc5oc(=O)n(C)c5c4)cc3)ncn2)n1. The second-order valence-corrected chi connectivity index (χ2v) is 9.52. The topological polar surface area (TPSA) is 134 Å². The van der Waals surface area contributed by atoms with E-state index in [-0.39, 0.29) is 4.90 Å². The van der Waals surface area contributed by atoms with Crippen molar-refractivity contribution < 1.29 is 17.6 Å². The summed E-state index contributed by atoms with van der Waals surface area (Å²) >= 11 is 0. The molecule has 11 nitrogen and oxygen atoms in total. The number of sulfonamides is 1. The van der Waals surface area contributed by atoms with Gasteiger partial charge >= 0.3 is 5.76 Å². The third-order valence-corrected chi connectivity index (χ3v) is 6.64. The number of ether oxygens (including phenoxy) is 1. The van der Waals surface area contributed by atoms with Gasteiger partial charge in [-0.1, -0.05) is 0 Å². The molecule has 5 rings (SSSR count). The van der Waals surface area contributed by atoms with Crippen molar-refractivity contribution in [3.05, 3.63) is 82.9 Å².